The van der Waals surface area contributed by atoms with Crippen molar-refractivity contribution in [3.05, 3.63) is 11.8 Å². The molecule has 1 aromatic rings. The molecule has 1 fully saturated rings. The standard InChI is InChI=1S/C13H21N3O2/c1-9-7-11(16-12(14-9)17-4)15-10-5-6-18-13(2,3)8-10/h7,10H,5-6,8H2,1-4H3,(H,14,15,16). The number of aromatic nitrogens is 2. The summed E-state index contributed by atoms with van der Waals surface area (Å²) in [4.78, 5) is 8.48. The third-order valence-electron chi connectivity index (χ3n) is 3.07. The van der Waals surface area contributed by atoms with Crippen LogP contribution in [-0.2, 0) is 4.74 Å². The van der Waals surface area contributed by atoms with Crippen molar-refractivity contribution in [3.8, 4) is 6.01 Å². The van der Waals surface area contributed by atoms with E-state index in [9.17, 15) is 0 Å². The summed E-state index contributed by atoms with van der Waals surface area (Å²) >= 11 is 0. The van der Waals surface area contributed by atoms with Gasteiger partial charge in [-0.3, -0.25) is 0 Å². The highest BCUT2D eigenvalue weighted by Gasteiger charge is 2.28. The van der Waals surface area contributed by atoms with Gasteiger partial charge in [0.2, 0.25) is 0 Å². The molecule has 0 aliphatic carbocycles. The molecule has 0 aromatic carbocycles. The van der Waals surface area contributed by atoms with Crippen LogP contribution in [0.1, 0.15) is 32.4 Å². The topological polar surface area (TPSA) is 56.3 Å². The molecule has 1 saturated heterocycles. The highest BCUT2D eigenvalue weighted by atomic mass is 16.5. The number of ether oxygens (including phenoxy) is 2. The van der Waals surface area contributed by atoms with Crippen molar-refractivity contribution in [3.63, 3.8) is 0 Å². The first-order valence-corrected chi connectivity index (χ1v) is 6.29. The smallest absolute Gasteiger partial charge is 0.318 e. The Bertz CT molecular complexity index is 421. The minimum Gasteiger partial charge on any atom is -0.467 e. The summed E-state index contributed by atoms with van der Waals surface area (Å²) in [7, 11) is 1.58. The van der Waals surface area contributed by atoms with Gasteiger partial charge in [0.25, 0.3) is 0 Å². The zero-order valence-corrected chi connectivity index (χ0v) is 11.5. The molecule has 2 heterocycles. The van der Waals surface area contributed by atoms with Crippen LogP contribution in [0.2, 0.25) is 0 Å². The maximum atomic E-state index is 5.70. The molecule has 0 bridgehead atoms. The second-order valence-corrected chi connectivity index (χ2v) is 5.32. The van der Waals surface area contributed by atoms with E-state index in [1.54, 1.807) is 7.11 Å². The minimum atomic E-state index is -0.0674. The summed E-state index contributed by atoms with van der Waals surface area (Å²) in [5.74, 6) is 0.821. The first-order chi connectivity index (χ1) is 8.48. The molecule has 2 rings (SSSR count). The van der Waals surface area contributed by atoms with E-state index in [1.807, 2.05) is 13.0 Å². The third-order valence-corrected chi connectivity index (χ3v) is 3.07. The van der Waals surface area contributed by atoms with Crippen molar-refractivity contribution in [1.82, 2.24) is 9.97 Å². The van der Waals surface area contributed by atoms with Gasteiger partial charge in [-0.25, -0.2) is 4.98 Å². The average molecular weight is 251 g/mol. The maximum Gasteiger partial charge on any atom is 0.318 e. The fraction of sp³-hybridized carbons (Fsp3) is 0.692. The molecule has 100 valence electrons. The van der Waals surface area contributed by atoms with Crippen LogP contribution >= 0.6 is 0 Å². The predicted octanol–water partition coefficient (Wildman–Crippen LogP) is 2.16. The Morgan fingerprint density at radius 2 is 2.22 bits per heavy atom. The number of anilines is 1. The van der Waals surface area contributed by atoms with E-state index < -0.39 is 0 Å². The largest absolute Gasteiger partial charge is 0.467 e. The van der Waals surface area contributed by atoms with E-state index in [4.69, 9.17) is 9.47 Å². The fourth-order valence-corrected chi connectivity index (χ4v) is 2.27. The van der Waals surface area contributed by atoms with Crippen LogP contribution in [0.4, 0.5) is 5.82 Å². The van der Waals surface area contributed by atoms with E-state index in [0.717, 1.165) is 31.0 Å². The molecule has 0 radical (unpaired) electrons. The van der Waals surface area contributed by atoms with E-state index in [1.165, 1.54) is 0 Å². The summed E-state index contributed by atoms with van der Waals surface area (Å²) in [6.07, 6.45) is 1.97. The summed E-state index contributed by atoms with van der Waals surface area (Å²) in [5, 5.41) is 3.44. The lowest BCUT2D eigenvalue weighted by molar-refractivity contribution is -0.0553. The van der Waals surface area contributed by atoms with Gasteiger partial charge in [0.1, 0.15) is 5.82 Å². The van der Waals surface area contributed by atoms with Gasteiger partial charge >= 0.3 is 6.01 Å². The molecular weight excluding hydrogens is 230 g/mol. The molecule has 0 spiro atoms. The maximum absolute atomic E-state index is 5.70. The van der Waals surface area contributed by atoms with Crippen LogP contribution < -0.4 is 10.1 Å². The average Bonchev–Trinajstić information content (AvgIpc) is 2.26. The Morgan fingerprint density at radius 3 is 2.89 bits per heavy atom. The van der Waals surface area contributed by atoms with Crippen molar-refractivity contribution < 1.29 is 9.47 Å². The molecule has 1 aliphatic heterocycles. The molecule has 1 unspecified atom stereocenters. The summed E-state index contributed by atoms with van der Waals surface area (Å²) in [5.41, 5.74) is 0.831. The monoisotopic (exact) mass is 251 g/mol. The predicted molar refractivity (Wildman–Crippen MR) is 70.0 cm³/mol. The van der Waals surface area contributed by atoms with Crippen molar-refractivity contribution >= 4 is 5.82 Å². The van der Waals surface area contributed by atoms with Crippen molar-refractivity contribution in [2.45, 2.75) is 45.3 Å². The van der Waals surface area contributed by atoms with E-state index in [0.29, 0.717) is 12.1 Å². The molecule has 5 nitrogen and oxygen atoms in total. The van der Waals surface area contributed by atoms with Crippen LogP contribution in [0.5, 0.6) is 6.01 Å². The number of methoxy groups -OCH3 is 1. The molecule has 1 aromatic heterocycles. The van der Waals surface area contributed by atoms with Crippen molar-refractivity contribution in [2.24, 2.45) is 0 Å². The Hall–Kier alpha value is -1.36. The highest BCUT2D eigenvalue weighted by Crippen LogP contribution is 2.26. The Labute approximate surface area is 108 Å². The lowest BCUT2D eigenvalue weighted by Crippen LogP contribution is -2.40. The number of rotatable bonds is 3. The molecule has 1 atom stereocenters. The van der Waals surface area contributed by atoms with Gasteiger partial charge in [-0.15, -0.1) is 0 Å². The Kier molecular flexibility index (Phi) is 3.71. The molecule has 5 heteroatoms. The second kappa shape index (κ2) is 5.10. The number of aryl methyl sites for hydroxylation is 1. The molecule has 18 heavy (non-hydrogen) atoms. The molecule has 0 saturated carbocycles. The number of hydrogen-bond donors (Lipinski definition) is 1. The molecule has 0 amide bonds. The van der Waals surface area contributed by atoms with Crippen molar-refractivity contribution in [1.29, 1.82) is 0 Å². The third kappa shape index (κ3) is 3.32. The van der Waals surface area contributed by atoms with Crippen LogP contribution in [0.3, 0.4) is 0 Å². The van der Waals surface area contributed by atoms with Gasteiger partial charge in [0.05, 0.1) is 12.7 Å². The van der Waals surface area contributed by atoms with Crippen LogP contribution in [0.25, 0.3) is 0 Å². The van der Waals surface area contributed by atoms with Crippen LogP contribution in [-0.4, -0.2) is 35.3 Å². The highest BCUT2D eigenvalue weighted by molar-refractivity contribution is 5.38. The van der Waals surface area contributed by atoms with Crippen LogP contribution in [0.15, 0.2) is 6.07 Å². The zero-order valence-electron chi connectivity index (χ0n) is 11.5. The quantitative estimate of drug-likeness (QED) is 0.892. The first kappa shape index (κ1) is 13.1. The SMILES string of the molecule is COc1nc(C)cc(NC2CCOC(C)(C)C2)n1. The number of nitrogens with one attached hydrogen (secondary N) is 1. The van der Waals surface area contributed by atoms with E-state index in [2.05, 4.69) is 29.1 Å². The fourth-order valence-electron chi connectivity index (χ4n) is 2.27. The second-order valence-electron chi connectivity index (χ2n) is 5.32. The molecule has 1 N–H and O–H groups in total. The molecular formula is C13H21N3O2. The number of hydrogen-bond acceptors (Lipinski definition) is 5. The normalized spacial score (nSPS) is 22.6. The van der Waals surface area contributed by atoms with Crippen LogP contribution in [0, 0.1) is 6.92 Å². The summed E-state index contributed by atoms with van der Waals surface area (Å²) in [6.45, 7) is 6.95. The summed E-state index contributed by atoms with van der Waals surface area (Å²) < 4.78 is 10.8. The van der Waals surface area contributed by atoms with E-state index in [-0.39, 0.29) is 5.60 Å². The Balaban J connectivity index is 2.07. The van der Waals surface area contributed by atoms with Gasteiger partial charge in [0.15, 0.2) is 0 Å². The lowest BCUT2D eigenvalue weighted by atomic mass is 9.94. The lowest BCUT2D eigenvalue weighted by Gasteiger charge is -2.36. The van der Waals surface area contributed by atoms with Gasteiger partial charge in [-0.1, -0.05) is 0 Å². The number of nitrogens with zero attached hydrogens (tertiary/aromatic N) is 2. The first-order valence-electron chi connectivity index (χ1n) is 6.29. The van der Waals surface area contributed by atoms with Gasteiger partial charge in [0, 0.05) is 24.4 Å². The van der Waals surface area contributed by atoms with Gasteiger partial charge in [-0.2, -0.15) is 4.98 Å². The zero-order chi connectivity index (χ0) is 13.2. The van der Waals surface area contributed by atoms with Gasteiger partial charge < -0.3 is 14.8 Å². The molecule has 1 aliphatic rings. The van der Waals surface area contributed by atoms with E-state index >= 15 is 0 Å². The van der Waals surface area contributed by atoms with Gasteiger partial charge in [-0.05, 0) is 33.6 Å². The van der Waals surface area contributed by atoms with Crippen molar-refractivity contribution in [2.75, 3.05) is 19.0 Å². The minimum absolute atomic E-state index is 0.0674. The summed E-state index contributed by atoms with van der Waals surface area (Å²) in [6, 6.07) is 2.72. The Morgan fingerprint density at radius 1 is 1.44 bits per heavy atom.